The van der Waals surface area contributed by atoms with Gasteiger partial charge in [-0.15, -0.1) is 11.8 Å². The summed E-state index contributed by atoms with van der Waals surface area (Å²) < 4.78 is 24.3. The zero-order chi connectivity index (χ0) is 20.0. The number of aliphatic imine (C=N–C) groups is 2. The van der Waals surface area contributed by atoms with Crippen molar-refractivity contribution in [1.29, 1.82) is 0 Å². The number of rotatable bonds is 4. The average molecular weight is 391 g/mol. The quantitative estimate of drug-likeness (QED) is 0.467. The van der Waals surface area contributed by atoms with Crippen LogP contribution in [0.4, 0.5) is 20.6 Å². The molecule has 0 saturated heterocycles. The van der Waals surface area contributed by atoms with Crippen LogP contribution in [-0.2, 0) is 4.74 Å². The third-order valence-corrected chi connectivity index (χ3v) is 4.09. The number of nitrogens with two attached hydrogens (primary N) is 1. The van der Waals surface area contributed by atoms with Gasteiger partial charge in [-0.2, -0.15) is 4.99 Å². The average Bonchev–Trinajstić information content (AvgIpc) is 2.68. The summed E-state index contributed by atoms with van der Waals surface area (Å²) in [6.07, 6.45) is 0.787. The molecule has 0 spiro atoms. The Morgan fingerprint density at radius 1 is 1.22 bits per heavy atom. The second-order valence-electron chi connectivity index (χ2n) is 5.15. The summed E-state index contributed by atoms with van der Waals surface area (Å²) in [4.78, 5) is 19.8. The first kappa shape index (κ1) is 20.2. The number of hydrogen-bond donors (Lipinski definition) is 2. The Kier molecular flexibility index (Phi) is 6.78. The van der Waals surface area contributed by atoms with Crippen LogP contribution in [0, 0.1) is 5.82 Å². The SMILES string of the molecule is COC(=O)N=C(SC)C(=Nc1ccc(N)cc1)c1cc(OC)cc(O)c1F. The molecular formula is C18H18FN3O4S. The number of aromatic hydroxyl groups is 1. The molecule has 1 amide bonds. The van der Waals surface area contributed by atoms with Crippen molar-refractivity contribution in [2.45, 2.75) is 0 Å². The molecule has 0 aliphatic heterocycles. The molecule has 9 heteroatoms. The van der Waals surface area contributed by atoms with E-state index in [1.807, 2.05) is 0 Å². The lowest BCUT2D eigenvalue weighted by atomic mass is 10.1. The normalized spacial score (nSPS) is 12.0. The van der Waals surface area contributed by atoms with Crippen LogP contribution in [-0.4, -0.2) is 42.4 Å². The summed E-state index contributed by atoms with van der Waals surface area (Å²) in [7, 11) is 2.56. The number of nitrogen functional groups attached to an aromatic ring is 1. The topological polar surface area (TPSA) is 106 Å². The Morgan fingerprint density at radius 2 is 1.89 bits per heavy atom. The van der Waals surface area contributed by atoms with Crippen molar-refractivity contribution >= 4 is 40.0 Å². The molecule has 0 saturated carbocycles. The summed E-state index contributed by atoms with van der Waals surface area (Å²) in [6.45, 7) is 0. The van der Waals surface area contributed by atoms with E-state index in [9.17, 15) is 14.3 Å². The molecule has 0 bridgehead atoms. The molecule has 0 aromatic heterocycles. The Labute approximate surface area is 159 Å². The molecule has 3 N–H and O–H groups in total. The fourth-order valence-corrected chi connectivity index (χ4v) is 2.61. The minimum Gasteiger partial charge on any atom is -0.505 e. The van der Waals surface area contributed by atoms with E-state index < -0.39 is 17.7 Å². The van der Waals surface area contributed by atoms with Crippen molar-refractivity contribution in [3.63, 3.8) is 0 Å². The number of hydrogen-bond acceptors (Lipinski definition) is 7. The number of ether oxygens (including phenoxy) is 2. The zero-order valence-corrected chi connectivity index (χ0v) is 15.7. The number of phenols is 1. The second kappa shape index (κ2) is 9.04. The fraction of sp³-hybridized carbons (Fsp3) is 0.167. The van der Waals surface area contributed by atoms with E-state index >= 15 is 0 Å². The van der Waals surface area contributed by atoms with Gasteiger partial charge in [0.05, 0.1) is 19.9 Å². The van der Waals surface area contributed by atoms with Gasteiger partial charge in [-0.3, -0.25) is 0 Å². The van der Waals surface area contributed by atoms with E-state index in [1.54, 1.807) is 30.5 Å². The second-order valence-corrected chi connectivity index (χ2v) is 5.95. The van der Waals surface area contributed by atoms with Gasteiger partial charge in [0.2, 0.25) is 0 Å². The van der Waals surface area contributed by atoms with Gasteiger partial charge in [0.25, 0.3) is 0 Å². The molecule has 0 atom stereocenters. The maximum atomic E-state index is 14.7. The highest BCUT2D eigenvalue weighted by atomic mass is 32.2. The summed E-state index contributed by atoms with van der Waals surface area (Å²) >= 11 is 1.07. The number of carbonyl (C=O) groups is 1. The molecule has 0 unspecified atom stereocenters. The molecule has 2 rings (SSSR count). The Morgan fingerprint density at radius 3 is 2.44 bits per heavy atom. The number of benzene rings is 2. The predicted octanol–water partition coefficient (Wildman–Crippen LogP) is 3.77. The third-order valence-electron chi connectivity index (χ3n) is 3.42. The standard InChI is InChI=1S/C18H18FN3O4S/c1-25-12-8-13(15(19)14(23)9-12)16(17(27-3)22-18(24)26-2)21-11-6-4-10(20)5-7-11/h4-9,23H,20H2,1-3H3. The first-order chi connectivity index (χ1) is 12.9. The van der Waals surface area contributed by atoms with Crippen LogP contribution in [0.25, 0.3) is 0 Å². The van der Waals surface area contributed by atoms with E-state index in [-0.39, 0.29) is 22.1 Å². The first-order valence-corrected chi connectivity index (χ1v) is 8.84. The van der Waals surface area contributed by atoms with E-state index in [1.165, 1.54) is 20.3 Å². The van der Waals surface area contributed by atoms with Crippen molar-refractivity contribution in [2.24, 2.45) is 9.98 Å². The molecule has 2 aromatic rings. The molecule has 7 nitrogen and oxygen atoms in total. The van der Waals surface area contributed by atoms with Crippen molar-refractivity contribution < 1.29 is 23.8 Å². The van der Waals surface area contributed by atoms with Crippen LogP contribution in [0.3, 0.4) is 0 Å². The van der Waals surface area contributed by atoms with Gasteiger partial charge in [0.15, 0.2) is 11.6 Å². The fourth-order valence-electron chi connectivity index (χ4n) is 2.10. The summed E-state index contributed by atoms with van der Waals surface area (Å²) in [5.74, 6) is -1.32. The van der Waals surface area contributed by atoms with Gasteiger partial charge in [0.1, 0.15) is 16.5 Å². The van der Waals surface area contributed by atoms with Crippen LogP contribution in [0.2, 0.25) is 0 Å². The lowest BCUT2D eigenvalue weighted by Gasteiger charge is -2.12. The van der Waals surface area contributed by atoms with Gasteiger partial charge in [-0.25, -0.2) is 14.2 Å². The molecule has 142 valence electrons. The number of phenolic OH excluding ortho intramolecular Hbond substituents is 1. The number of methoxy groups -OCH3 is 2. The van der Waals surface area contributed by atoms with Crippen LogP contribution in [0.15, 0.2) is 46.4 Å². The lowest BCUT2D eigenvalue weighted by Crippen LogP contribution is -2.16. The number of halogens is 1. The monoisotopic (exact) mass is 391 g/mol. The van der Waals surface area contributed by atoms with Crippen molar-refractivity contribution in [3.8, 4) is 11.5 Å². The van der Waals surface area contributed by atoms with Gasteiger partial charge in [-0.05, 0) is 36.6 Å². The van der Waals surface area contributed by atoms with E-state index in [2.05, 4.69) is 14.7 Å². The summed E-state index contributed by atoms with van der Waals surface area (Å²) in [5, 5.41) is 9.98. The zero-order valence-electron chi connectivity index (χ0n) is 14.9. The molecule has 0 aliphatic rings. The van der Waals surface area contributed by atoms with E-state index in [0.29, 0.717) is 11.4 Å². The minimum atomic E-state index is -0.920. The maximum Gasteiger partial charge on any atom is 0.434 e. The lowest BCUT2D eigenvalue weighted by molar-refractivity contribution is 0.183. The molecular weight excluding hydrogens is 373 g/mol. The first-order valence-electron chi connectivity index (χ1n) is 7.61. The predicted molar refractivity (Wildman–Crippen MR) is 105 cm³/mol. The number of carbonyl (C=O) groups excluding carboxylic acids is 1. The van der Waals surface area contributed by atoms with Gasteiger partial charge < -0.3 is 20.3 Å². The molecule has 27 heavy (non-hydrogen) atoms. The van der Waals surface area contributed by atoms with Gasteiger partial charge >= 0.3 is 6.09 Å². The van der Waals surface area contributed by atoms with Crippen LogP contribution < -0.4 is 10.5 Å². The summed E-state index contributed by atoms with van der Waals surface area (Å²) in [5.41, 5.74) is 6.61. The number of amides is 1. The van der Waals surface area contributed by atoms with Crippen LogP contribution in [0.1, 0.15) is 5.56 Å². The highest BCUT2D eigenvalue weighted by molar-refractivity contribution is 8.15. The number of thioether (sulfide) groups is 1. The van der Waals surface area contributed by atoms with E-state index in [0.717, 1.165) is 17.8 Å². The number of nitrogens with zero attached hydrogens (tertiary/aromatic N) is 2. The van der Waals surface area contributed by atoms with Crippen LogP contribution >= 0.6 is 11.8 Å². The highest BCUT2D eigenvalue weighted by Crippen LogP contribution is 2.29. The molecule has 2 aromatic carbocycles. The summed E-state index contributed by atoms with van der Waals surface area (Å²) in [6, 6.07) is 9.01. The maximum absolute atomic E-state index is 14.7. The smallest absolute Gasteiger partial charge is 0.434 e. The third kappa shape index (κ3) is 4.98. The highest BCUT2D eigenvalue weighted by Gasteiger charge is 2.21. The van der Waals surface area contributed by atoms with Crippen molar-refractivity contribution in [1.82, 2.24) is 0 Å². The van der Waals surface area contributed by atoms with Gasteiger partial charge in [0, 0.05) is 17.3 Å². The number of anilines is 1. The Hall–Kier alpha value is -3.07. The molecule has 0 fully saturated rings. The Balaban J connectivity index is 2.73. The van der Waals surface area contributed by atoms with Crippen molar-refractivity contribution in [2.75, 3.05) is 26.2 Å². The molecule has 0 heterocycles. The molecule has 0 radical (unpaired) electrons. The molecule has 0 aliphatic carbocycles. The largest absolute Gasteiger partial charge is 0.505 e. The van der Waals surface area contributed by atoms with Crippen molar-refractivity contribution in [3.05, 3.63) is 47.8 Å². The van der Waals surface area contributed by atoms with Crippen LogP contribution in [0.5, 0.6) is 11.5 Å². The minimum absolute atomic E-state index is 0.0318. The van der Waals surface area contributed by atoms with E-state index in [4.69, 9.17) is 10.5 Å². The van der Waals surface area contributed by atoms with Gasteiger partial charge in [-0.1, -0.05) is 0 Å². The Bertz CT molecular complexity index is 898.